The number of aliphatic hydroxyl groups excluding tert-OH is 1. The number of hydrogen-bond acceptors (Lipinski definition) is 5. The second-order valence-corrected chi connectivity index (χ2v) is 7.93. The minimum Gasteiger partial charge on any atom is -0.387 e. The molecule has 2 aromatic heterocycles. The van der Waals surface area contributed by atoms with E-state index in [2.05, 4.69) is 42.9 Å². The van der Waals surface area contributed by atoms with Gasteiger partial charge in [-0.25, -0.2) is 9.97 Å². The number of aromatic nitrogens is 3. The van der Waals surface area contributed by atoms with Crippen molar-refractivity contribution in [1.29, 1.82) is 0 Å². The monoisotopic (exact) mass is 531 g/mol. The third-order valence-corrected chi connectivity index (χ3v) is 5.99. The first-order valence-corrected chi connectivity index (χ1v) is 10.8. The first-order valence-electron chi connectivity index (χ1n) is 8.55. The standard InChI is InChI=1S/C18H16Cl2IN5O2/c19-12-3-10(9-4-22-18(23-5-9)24-8-21)15-11-6-26(14(28)7-27)2-1-13(11)25-17(15)16(12)20/h3-5,25,27H,1-2,6-8H2,(H,22,23,24). The summed E-state index contributed by atoms with van der Waals surface area (Å²) in [5.41, 5.74) is 4.38. The SMILES string of the molecule is O=C(CO)N1CCc2[nH]c3c(Cl)c(Cl)cc(-c4cnc(NCI)nc4)c3c2C1. The Bertz CT molecular complexity index is 1050. The number of carbonyl (C=O) groups excluding carboxylic acids is 1. The van der Waals surface area contributed by atoms with Crippen LogP contribution in [0.1, 0.15) is 11.3 Å². The fraction of sp³-hybridized carbons (Fsp3) is 0.278. The lowest BCUT2D eigenvalue weighted by Crippen LogP contribution is -2.37. The molecule has 1 aliphatic heterocycles. The Hall–Kier alpha value is -1.62. The molecule has 4 rings (SSSR count). The van der Waals surface area contributed by atoms with Gasteiger partial charge in [0.05, 0.1) is 20.1 Å². The van der Waals surface area contributed by atoms with E-state index in [0.29, 0.717) is 40.1 Å². The quantitative estimate of drug-likeness (QED) is 0.271. The topological polar surface area (TPSA) is 94.1 Å². The van der Waals surface area contributed by atoms with Gasteiger partial charge in [-0.15, -0.1) is 0 Å². The van der Waals surface area contributed by atoms with Crippen LogP contribution in [0, 0.1) is 0 Å². The van der Waals surface area contributed by atoms with Gasteiger partial charge in [-0.2, -0.15) is 0 Å². The predicted molar refractivity (Wildman–Crippen MR) is 118 cm³/mol. The summed E-state index contributed by atoms with van der Waals surface area (Å²) in [7, 11) is 0. The predicted octanol–water partition coefficient (Wildman–Crippen LogP) is 3.61. The average Bonchev–Trinajstić information content (AvgIpc) is 3.10. The van der Waals surface area contributed by atoms with E-state index < -0.39 is 6.61 Å². The van der Waals surface area contributed by atoms with Crippen LogP contribution in [-0.2, 0) is 17.8 Å². The van der Waals surface area contributed by atoms with Crippen LogP contribution in [0.4, 0.5) is 5.95 Å². The molecule has 1 aromatic carbocycles. The van der Waals surface area contributed by atoms with E-state index in [1.54, 1.807) is 23.4 Å². The zero-order valence-electron chi connectivity index (χ0n) is 14.6. The zero-order chi connectivity index (χ0) is 19.8. The van der Waals surface area contributed by atoms with Gasteiger partial charge in [0, 0.05) is 54.1 Å². The van der Waals surface area contributed by atoms with Crippen molar-refractivity contribution in [2.45, 2.75) is 13.0 Å². The molecule has 7 nitrogen and oxygen atoms in total. The lowest BCUT2D eigenvalue weighted by molar-refractivity contribution is -0.135. The van der Waals surface area contributed by atoms with Gasteiger partial charge < -0.3 is 20.3 Å². The van der Waals surface area contributed by atoms with Crippen molar-refractivity contribution >= 4 is 68.6 Å². The van der Waals surface area contributed by atoms with Gasteiger partial charge in [0.25, 0.3) is 0 Å². The largest absolute Gasteiger partial charge is 0.387 e. The Balaban J connectivity index is 1.88. The molecule has 0 fully saturated rings. The van der Waals surface area contributed by atoms with Crippen molar-refractivity contribution < 1.29 is 9.90 Å². The first-order chi connectivity index (χ1) is 13.5. The highest BCUT2D eigenvalue weighted by atomic mass is 127. The molecule has 0 saturated heterocycles. The summed E-state index contributed by atoms with van der Waals surface area (Å²) in [6.45, 7) is 0.435. The number of aliphatic hydroxyl groups is 1. The van der Waals surface area contributed by atoms with Crippen LogP contribution < -0.4 is 5.32 Å². The summed E-state index contributed by atoms with van der Waals surface area (Å²) < 4.78 is 0.703. The Kier molecular flexibility index (Phi) is 5.64. The Morgan fingerprint density at radius 1 is 1.36 bits per heavy atom. The normalized spacial score (nSPS) is 13.6. The number of anilines is 1. The van der Waals surface area contributed by atoms with Crippen LogP contribution in [0.3, 0.4) is 0 Å². The maximum absolute atomic E-state index is 12.0. The maximum Gasteiger partial charge on any atom is 0.248 e. The van der Waals surface area contributed by atoms with Gasteiger partial charge in [-0.3, -0.25) is 4.79 Å². The molecule has 3 N–H and O–H groups in total. The van der Waals surface area contributed by atoms with E-state index in [-0.39, 0.29) is 5.91 Å². The molecule has 0 saturated carbocycles. The number of rotatable bonds is 4. The molecule has 0 atom stereocenters. The van der Waals surface area contributed by atoms with Crippen molar-refractivity contribution in [3.63, 3.8) is 0 Å². The molecule has 0 aliphatic carbocycles. The Morgan fingerprint density at radius 2 is 2.11 bits per heavy atom. The van der Waals surface area contributed by atoms with E-state index in [9.17, 15) is 9.90 Å². The lowest BCUT2D eigenvalue weighted by atomic mass is 9.97. The number of carbonyl (C=O) groups is 1. The fourth-order valence-corrected chi connectivity index (χ4v) is 4.24. The van der Waals surface area contributed by atoms with E-state index in [1.807, 2.05) is 0 Å². The zero-order valence-corrected chi connectivity index (χ0v) is 18.3. The van der Waals surface area contributed by atoms with Crippen molar-refractivity contribution in [2.24, 2.45) is 0 Å². The third kappa shape index (κ3) is 3.42. The molecule has 0 spiro atoms. The summed E-state index contributed by atoms with van der Waals surface area (Å²) >= 11 is 15.0. The summed E-state index contributed by atoms with van der Waals surface area (Å²) in [5, 5.41) is 14.1. The molecule has 146 valence electrons. The second kappa shape index (κ2) is 8.02. The minimum absolute atomic E-state index is 0.292. The van der Waals surface area contributed by atoms with E-state index in [4.69, 9.17) is 23.2 Å². The Morgan fingerprint density at radius 3 is 2.79 bits per heavy atom. The summed E-state index contributed by atoms with van der Waals surface area (Å²) in [6, 6.07) is 1.80. The van der Waals surface area contributed by atoms with E-state index in [0.717, 1.165) is 33.3 Å². The Labute approximate surface area is 184 Å². The summed E-state index contributed by atoms with van der Waals surface area (Å²) in [6.07, 6.45) is 4.12. The number of nitrogens with zero attached hydrogens (tertiary/aromatic N) is 3. The van der Waals surface area contributed by atoms with Crippen molar-refractivity contribution in [3.8, 4) is 11.1 Å². The molecular formula is C18H16Cl2IN5O2. The lowest BCUT2D eigenvalue weighted by Gasteiger charge is -2.27. The number of hydrogen-bond donors (Lipinski definition) is 3. The van der Waals surface area contributed by atoms with Crippen LogP contribution in [0.25, 0.3) is 22.0 Å². The molecule has 3 heterocycles. The third-order valence-electron chi connectivity index (χ3n) is 4.82. The van der Waals surface area contributed by atoms with Crippen molar-refractivity contribution in [1.82, 2.24) is 19.9 Å². The number of nitrogens with one attached hydrogen (secondary N) is 2. The molecule has 0 unspecified atom stereocenters. The molecule has 3 aromatic rings. The van der Waals surface area contributed by atoms with E-state index >= 15 is 0 Å². The maximum atomic E-state index is 12.0. The van der Waals surface area contributed by atoms with Gasteiger partial charge in [0.1, 0.15) is 6.61 Å². The number of fused-ring (bicyclic) bond motifs is 3. The van der Waals surface area contributed by atoms with Crippen LogP contribution in [0.2, 0.25) is 10.0 Å². The van der Waals surface area contributed by atoms with E-state index in [1.165, 1.54) is 0 Å². The van der Waals surface area contributed by atoms with Gasteiger partial charge >= 0.3 is 0 Å². The summed E-state index contributed by atoms with van der Waals surface area (Å²) in [5.74, 6) is 0.254. The van der Waals surface area contributed by atoms with Crippen LogP contribution in [0.15, 0.2) is 18.5 Å². The molecule has 10 heteroatoms. The highest BCUT2D eigenvalue weighted by molar-refractivity contribution is 14.1. The van der Waals surface area contributed by atoms with Gasteiger partial charge in [0.2, 0.25) is 11.9 Å². The molecule has 0 bridgehead atoms. The molecule has 0 radical (unpaired) electrons. The summed E-state index contributed by atoms with van der Waals surface area (Å²) in [4.78, 5) is 25.7. The number of alkyl halides is 1. The average molecular weight is 532 g/mol. The van der Waals surface area contributed by atoms with Gasteiger partial charge in [0.15, 0.2) is 0 Å². The number of H-pyrrole nitrogens is 1. The number of aromatic amines is 1. The van der Waals surface area contributed by atoms with Crippen LogP contribution in [0.5, 0.6) is 0 Å². The molecule has 1 aliphatic rings. The number of halogens is 3. The fourth-order valence-electron chi connectivity index (χ4n) is 3.50. The first kappa shape index (κ1) is 19.7. The molecular weight excluding hydrogens is 516 g/mol. The molecule has 28 heavy (non-hydrogen) atoms. The highest BCUT2D eigenvalue weighted by Gasteiger charge is 2.27. The van der Waals surface area contributed by atoms with Crippen molar-refractivity contribution in [2.75, 3.05) is 23.0 Å². The number of amides is 1. The van der Waals surface area contributed by atoms with Crippen LogP contribution in [-0.4, -0.2) is 48.6 Å². The smallest absolute Gasteiger partial charge is 0.248 e. The van der Waals surface area contributed by atoms with Gasteiger partial charge in [-0.05, 0) is 11.6 Å². The van der Waals surface area contributed by atoms with Gasteiger partial charge in [-0.1, -0.05) is 45.8 Å². The minimum atomic E-state index is -0.504. The number of benzene rings is 1. The second-order valence-electron chi connectivity index (χ2n) is 6.38. The van der Waals surface area contributed by atoms with Crippen LogP contribution >= 0.6 is 45.8 Å². The molecule has 1 amide bonds. The van der Waals surface area contributed by atoms with Crippen molar-refractivity contribution in [3.05, 3.63) is 39.8 Å². The highest BCUT2D eigenvalue weighted by Crippen LogP contribution is 2.42.